The number of carbonyl (C=O) groups is 1. The average Bonchev–Trinajstić information content (AvgIpc) is 3.68. The van der Waals surface area contributed by atoms with Crippen LogP contribution < -0.4 is 0 Å². The average molecular weight is 693 g/mol. The number of hydrogen-bond donors (Lipinski definition) is 0. The molecule has 0 aromatic carbocycles. The molecule has 0 aromatic rings. The van der Waals surface area contributed by atoms with Crippen molar-refractivity contribution in [1.29, 1.82) is 0 Å². The summed E-state index contributed by atoms with van der Waals surface area (Å²) >= 11 is 0. The summed E-state index contributed by atoms with van der Waals surface area (Å²) in [5.74, 6) is 1.94. The highest BCUT2D eigenvalue weighted by Gasteiger charge is 2.51. The molecule has 4 rings (SSSR count). The van der Waals surface area contributed by atoms with Gasteiger partial charge in [0.1, 0.15) is 0 Å². The van der Waals surface area contributed by atoms with Crippen molar-refractivity contribution in [2.45, 2.75) is 175 Å². The lowest BCUT2D eigenvalue weighted by molar-refractivity contribution is -0.117. The van der Waals surface area contributed by atoms with Crippen molar-refractivity contribution < 1.29 is 13.6 Å². The first-order chi connectivity index (χ1) is 22.1. The van der Waals surface area contributed by atoms with E-state index >= 15 is 0 Å². The van der Waals surface area contributed by atoms with Gasteiger partial charge in [-0.3, -0.25) is 4.79 Å². The van der Waals surface area contributed by atoms with Gasteiger partial charge in [-0.05, 0) is 134 Å². The third kappa shape index (κ3) is 8.43. The van der Waals surface area contributed by atoms with E-state index in [1.807, 2.05) is 6.08 Å². The van der Waals surface area contributed by atoms with Crippen LogP contribution in [0.2, 0.25) is 36.3 Å². The maximum atomic E-state index is 13.2. The lowest BCUT2D eigenvalue weighted by Crippen LogP contribution is -2.49. The second-order valence-corrected chi connectivity index (χ2v) is 28.9. The molecule has 0 heterocycles. The summed E-state index contributed by atoms with van der Waals surface area (Å²) in [6.45, 7) is 35.2. The standard InChI is InChI=1S/C43H72O3Si2/c1-15-16-26-43(27-28-43)39(44)24-19-31(2)36-22-23-37-33(18-17-25-42(36,37)10)20-21-34-29-35(45-47(11,12)40(4,5)6)30-38(32(34)3)46-48(13,14)41(7,8)9/h16,19-21,24,26,31,35-38H,3,15,17-18,22-23,25,27-30H2,1-2,4-14H3/b24-19+,26-16?,33-20+,34-21-/t31-,35-,36-,37+,38+,42-/m1/s1. The minimum absolute atomic E-state index is 0.00845. The third-order valence-corrected chi connectivity index (χ3v) is 22.9. The van der Waals surface area contributed by atoms with Crippen molar-refractivity contribution in [2.75, 3.05) is 0 Å². The molecule has 0 radical (unpaired) electrons. The van der Waals surface area contributed by atoms with Gasteiger partial charge in [0.2, 0.25) is 0 Å². The summed E-state index contributed by atoms with van der Waals surface area (Å²) in [7, 11) is -3.94. The van der Waals surface area contributed by atoms with E-state index in [4.69, 9.17) is 15.4 Å². The molecule has 4 aliphatic rings. The van der Waals surface area contributed by atoms with Crippen LogP contribution in [-0.4, -0.2) is 34.6 Å². The van der Waals surface area contributed by atoms with Gasteiger partial charge in [-0.15, -0.1) is 0 Å². The normalized spacial score (nSPS) is 32.4. The Morgan fingerprint density at radius 3 is 2.19 bits per heavy atom. The van der Waals surface area contributed by atoms with Crippen LogP contribution >= 0.6 is 0 Å². The Balaban J connectivity index is 1.56. The van der Waals surface area contributed by atoms with E-state index in [1.165, 1.54) is 43.3 Å². The molecule has 270 valence electrons. The number of hydrogen-bond acceptors (Lipinski definition) is 3. The molecule has 0 aromatic heterocycles. The number of rotatable bonds is 11. The lowest BCUT2D eigenvalue weighted by Gasteiger charge is -2.45. The van der Waals surface area contributed by atoms with E-state index in [2.05, 4.69) is 119 Å². The monoisotopic (exact) mass is 693 g/mol. The van der Waals surface area contributed by atoms with Gasteiger partial charge in [-0.1, -0.05) is 105 Å². The summed E-state index contributed by atoms with van der Waals surface area (Å²) in [6.07, 6.45) is 24.7. The zero-order valence-corrected chi connectivity index (χ0v) is 35.4. The molecule has 0 aliphatic heterocycles. The first kappa shape index (κ1) is 39.5. The molecule has 3 nitrogen and oxygen atoms in total. The van der Waals surface area contributed by atoms with Crippen molar-refractivity contribution >= 4 is 22.4 Å². The highest BCUT2D eigenvalue weighted by molar-refractivity contribution is 6.74. The van der Waals surface area contributed by atoms with E-state index in [0.29, 0.717) is 23.5 Å². The van der Waals surface area contributed by atoms with Crippen LogP contribution in [0.5, 0.6) is 0 Å². The maximum Gasteiger partial charge on any atom is 0.192 e. The van der Waals surface area contributed by atoms with E-state index in [9.17, 15) is 4.79 Å². The topological polar surface area (TPSA) is 35.5 Å². The molecular formula is C43H72O3Si2. The fourth-order valence-corrected chi connectivity index (χ4v) is 11.1. The molecule has 4 saturated carbocycles. The molecule has 5 heteroatoms. The van der Waals surface area contributed by atoms with Crippen molar-refractivity contribution in [1.82, 2.24) is 0 Å². The van der Waals surface area contributed by atoms with Crippen LogP contribution in [0.1, 0.15) is 127 Å². The van der Waals surface area contributed by atoms with Gasteiger partial charge in [-0.2, -0.15) is 0 Å². The lowest BCUT2D eigenvalue weighted by atomic mass is 9.61. The molecule has 0 amide bonds. The quantitative estimate of drug-likeness (QED) is 0.123. The van der Waals surface area contributed by atoms with Crippen LogP contribution in [0.3, 0.4) is 0 Å². The fraction of sp³-hybridized carbons (Fsp3) is 0.744. The Morgan fingerprint density at radius 1 is 0.979 bits per heavy atom. The van der Waals surface area contributed by atoms with E-state index in [0.717, 1.165) is 32.1 Å². The van der Waals surface area contributed by atoms with Gasteiger partial charge in [0.05, 0.1) is 17.6 Å². The molecule has 0 spiro atoms. The number of carbonyl (C=O) groups excluding carboxylic acids is 1. The second kappa shape index (κ2) is 14.4. The van der Waals surface area contributed by atoms with Crippen LogP contribution in [0.4, 0.5) is 0 Å². The van der Waals surface area contributed by atoms with E-state index in [1.54, 1.807) is 5.57 Å². The zero-order valence-electron chi connectivity index (χ0n) is 33.4. The second-order valence-electron chi connectivity index (χ2n) is 19.4. The van der Waals surface area contributed by atoms with Gasteiger partial charge in [-0.25, -0.2) is 0 Å². The van der Waals surface area contributed by atoms with Crippen molar-refractivity contribution in [3.8, 4) is 0 Å². The smallest absolute Gasteiger partial charge is 0.192 e. The minimum Gasteiger partial charge on any atom is -0.413 e. The molecule has 4 fully saturated rings. The Morgan fingerprint density at radius 2 is 1.60 bits per heavy atom. The molecule has 0 saturated heterocycles. The van der Waals surface area contributed by atoms with E-state index in [-0.39, 0.29) is 33.1 Å². The summed E-state index contributed by atoms with van der Waals surface area (Å²) < 4.78 is 14.2. The van der Waals surface area contributed by atoms with Crippen LogP contribution in [0.15, 0.2) is 59.8 Å². The Hall–Kier alpha value is -1.28. The van der Waals surface area contributed by atoms with Crippen molar-refractivity contribution in [3.63, 3.8) is 0 Å². The SMILES string of the molecule is C=C1/C(=C\C=C2/CCC[C@]3(C)[C@@H]([C@H](C)/C=C/C(=O)C4(C=CCC)CC4)CC[C@@H]23)C[C@@H](O[Si](C)(C)C(C)(C)C)C[C@@H]1O[Si](C)(C)C(C)(C)C. The molecule has 0 N–H and O–H groups in total. The largest absolute Gasteiger partial charge is 0.413 e. The first-order valence-electron chi connectivity index (χ1n) is 19.4. The Labute approximate surface area is 298 Å². The minimum atomic E-state index is -1.99. The van der Waals surface area contributed by atoms with Gasteiger partial charge in [0, 0.05) is 6.42 Å². The summed E-state index contributed by atoms with van der Waals surface area (Å²) in [5.41, 5.74) is 4.19. The van der Waals surface area contributed by atoms with Crippen molar-refractivity contribution in [3.05, 3.63) is 59.8 Å². The van der Waals surface area contributed by atoms with Gasteiger partial charge in [0.25, 0.3) is 0 Å². The fourth-order valence-electron chi connectivity index (χ4n) is 8.42. The van der Waals surface area contributed by atoms with Crippen molar-refractivity contribution in [2.24, 2.45) is 28.6 Å². The summed E-state index contributed by atoms with van der Waals surface area (Å²) in [6, 6.07) is 0. The summed E-state index contributed by atoms with van der Waals surface area (Å²) in [5, 5.41) is 0.308. The number of ketones is 1. The molecule has 48 heavy (non-hydrogen) atoms. The number of allylic oxidation sites excluding steroid dienone is 7. The highest BCUT2D eigenvalue weighted by Crippen LogP contribution is 2.60. The Bertz CT molecular complexity index is 1310. The van der Waals surface area contributed by atoms with E-state index < -0.39 is 16.6 Å². The predicted octanol–water partition coefficient (Wildman–Crippen LogP) is 12.7. The number of fused-ring (bicyclic) bond motifs is 1. The third-order valence-electron chi connectivity index (χ3n) is 13.9. The van der Waals surface area contributed by atoms with Crippen LogP contribution in [0, 0.1) is 28.6 Å². The maximum absolute atomic E-state index is 13.2. The zero-order chi connectivity index (χ0) is 35.9. The molecule has 4 aliphatic carbocycles. The Kier molecular flexibility index (Phi) is 11.8. The van der Waals surface area contributed by atoms with Gasteiger partial charge < -0.3 is 8.85 Å². The molecular weight excluding hydrogens is 621 g/mol. The van der Waals surface area contributed by atoms with Crippen LogP contribution in [0.25, 0.3) is 0 Å². The van der Waals surface area contributed by atoms with Gasteiger partial charge in [0.15, 0.2) is 22.4 Å². The molecule has 0 unspecified atom stereocenters. The highest BCUT2D eigenvalue weighted by atomic mass is 28.4. The first-order valence-corrected chi connectivity index (χ1v) is 25.2. The van der Waals surface area contributed by atoms with Gasteiger partial charge >= 0.3 is 0 Å². The predicted molar refractivity (Wildman–Crippen MR) is 211 cm³/mol. The molecule has 6 atom stereocenters. The summed E-state index contributed by atoms with van der Waals surface area (Å²) in [4.78, 5) is 13.2. The van der Waals surface area contributed by atoms with Crippen LogP contribution in [-0.2, 0) is 13.6 Å². The molecule has 0 bridgehead atoms.